The zero-order valence-corrected chi connectivity index (χ0v) is 15.9. The van der Waals surface area contributed by atoms with E-state index in [4.69, 9.17) is 4.42 Å². The number of piperazine rings is 1. The van der Waals surface area contributed by atoms with Crippen LogP contribution < -0.4 is 0 Å². The molecule has 25 heavy (non-hydrogen) atoms. The molecule has 2 heterocycles. The van der Waals surface area contributed by atoms with Gasteiger partial charge < -0.3 is 14.4 Å². The average Bonchev–Trinajstić information content (AvgIpc) is 3.05. The Hall–Kier alpha value is -1.44. The number of hydrogen-bond donors (Lipinski definition) is 1. The first kappa shape index (κ1) is 19.9. The first-order chi connectivity index (χ1) is 11.9. The van der Waals surface area contributed by atoms with Crippen LogP contribution in [0.15, 0.2) is 10.7 Å². The molecule has 0 saturated carbocycles. The van der Waals surface area contributed by atoms with Gasteiger partial charge in [0.2, 0.25) is 5.89 Å². The van der Waals surface area contributed by atoms with Gasteiger partial charge in [0.25, 0.3) is 5.91 Å². The highest BCUT2D eigenvalue weighted by Crippen LogP contribution is 2.12. The molecule has 2 rings (SSSR count). The Morgan fingerprint density at radius 2 is 1.92 bits per heavy atom. The predicted molar refractivity (Wildman–Crippen MR) is 96.4 cm³/mol. The van der Waals surface area contributed by atoms with Crippen LogP contribution in [0.3, 0.4) is 0 Å². The number of β-amino-alcohol motifs (C(OH)–C–C–N with tert-alkyl or cyclic N) is 1. The molecule has 0 bridgehead atoms. The van der Waals surface area contributed by atoms with Crippen molar-refractivity contribution < 1.29 is 14.3 Å². The minimum atomic E-state index is -0.241. The summed E-state index contributed by atoms with van der Waals surface area (Å²) in [7, 11) is 0. The fraction of sp³-hybridized carbons (Fsp3) is 0.778. The van der Waals surface area contributed by atoms with Gasteiger partial charge in [0.1, 0.15) is 6.26 Å². The number of oxazole rings is 1. The van der Waals surface area contributed by atoms with Crippen LogP contribution in [0.4, 0.5) is 0 Å². The van der Waals surface area contributed by atoms with E-state index in [2.05, 4.69) is 14.8 Å². The molecule has 0 spiro atoms. The maximum atomic E-state index is 12.5. The topological polar surface area (TPSA) is 73.1 Å². The van der Waals surface area contributed by atoms with Crippen molar-refractivity contribution in [2.45, 2.75) is 52.8 Å². The summed E-state index contributed by atoms with van der Waals surface area (Å²) in [4.78, 5) is 23.2. The number of hydrogen-bond acceptors (Lipinski definition) is 6. The quantitative estimate of drug-likeness (QED) is 0.763. The summed E-state index contributed by atoms with van der Waals surface area (Å²) >= 11 is 0. The fourth-order valence-electron chi connectivity index (χ4n) is 3.12. The number of nitrogens with zero attached hydrogens (tertiary/aromatic N) is 4. The maximum absolute atomic E-state index is 12.5. The lowest BCUT2D eigenvalue weighted by Crippen LogP contribution is -2.48. The first-order valence-corrected chi connectivity index (χ1v) is 9.32. The second kappa shape index (κ2) is 9.31. The van der Waals surface area contributed by atoms with Crippen molar-refractivity contribution in [3.05, 3.63) is 17.8 Å². The maximum Gasteiger partial charge on any atom is 0.276 e. The summed E-state index contributed by atoms with van der Waals surface area (Å²) in [6, 6.07) is 0.143. The molecule has 1 aromatic rings. The summed E-state index contributed by atoms with van der Waals surface area (Å²) in [6.07, 6.45) is 2.02. The number of carbonyl (C=O) groups is 1. The molecule has 1 aliphatic heterocycles. The number of aliphatic hydroxyl groups excluding tert-OH is 1. The molecule has 1 atom stereocenters. The molecule has 1 unspecified atom stereocenters. The molecule has 142 valence electrons. The number of aliphatic hydroxyl groups is 1. The molecule has 7 nitrogen and oxygen atoms in total. The lowest BCUT2D eigenvalue weighted by atomic mass is 10.2. The highest BCUT2D eigenvalue weighted by molar-refractivity contribution is 5.92. The van der Waals surface area contributed by atoms with Crippen molar-refractivity contribution in [2.75, 3.05) is 39.3 Å². The number of carbonyl (C=O) groups excluding carboxylic acids is 1. The second-order valence-corrected chi connectivity index (χ2v) is 6.95. The van der Waals surface area contributed by atoms with E-state index in [0.29, 0.717) is 24.7 Å². The van der Waals surface area contributed by atoms with E-state index in [-0.39, 0.29) is 18.1 Å². The summed E-state index contributed by atoms with van der Waals surface area (Å²) < 4.78 is 5.52. The Balaban J connectivity index is 1.85. The van der Waals surface area contributed by atoms with E-state index in [9.17, 15) is 9.90 Å². The van der Waals surface area contributed by atoms with Crippen molar-refractivity contribution in [1.29, 1.82) is 0 Å². The minimum absolute atomic E-state index is 0.0779. The predicted octanol–water partition coefficient (Wildman–Crippen LogP) is 1.43. The van der Waals surface area contributed by atoms with Crippen molar-refractivity contribution in [3.8, 4) is 0 Å². The second-order valence-electron chi connectivity index (χ2n) is 6.95. The van der Waals surface area contributed by atoms with Crippen LogP contribution in [-0.2, 0) is 6.54 Å². The van der Waals surface area contributed by atoms with Gasteiger partial charge in [-0.05, 0) is 27.2 Å². The van der Waals surface area contributed by atoms with Gasteiger partial charge in [0, 0.05) is 45.3 Å². The van der Waals surface area contributed by atoms with Gasteiger partial charge in [-0.15, -0.1) is 0 Å². The van der Waals surface area contributed by atoms with Crippen molar-refractivity contribution in [1.82, 2.24) is 19.7 Å². The molecule has 1 saturated heterocycles. The molecule has 1 amide bonds. The van der Waals surface area contributed by atoms with E-state index in [0.717, 1.165) is 39.1 Å². The van der Waals surface area contributed by atoms with Gasteiger partial charge in [-0.1, -0.05) is 6.92 Å². The van der Waals surface area contributed by atoms with Crippen LogP contribution >= 0.6 is 0 Å². The van der Waals surface area contributed by atoms with Crippen LogP contribution in [0, 0.1) is 0 Å². The molecule has 0 radical (unpaired) electrons. The average molecular weight is 352 g/mol. The van der Waals surface area contributed by atoms with Crippen LogP contribution in [-0.4, -0.2) is 82.1 Å². The summed E-state index contributed by atoms with van der Waals surface area (Å²) in [5.41, 5.74) is 0.384. The van der Waals surface area contributed by atoms with Gasteiger partial charge in [-0.3, -0.25) is 14.6 Å². The normalized spacial score (nSPS) is 17.8. The summed E-state index contributed by atoms with van der Waals surface area (Å²) in [5.74, 6) is 0.510. The smallest absolute Gasteiger partial charge is 0.276 e. The number of amides is 1. The Morgan fingerprint density at radius 1 is 1.28 bits per heavy atom. The van der Waals surface area contributed by atoms with Crippen LogP contribution in [0.25, 0.3) is 0 Å². The van der Waals surface area contributed by atoms with Crippen molar-refractivity contribution >= 4 is 5.91 Å². The van der Waals surface area contributed by atoms with Crippen molar-refractivity contribution in [3.63, 3.8) is 0 Å². The van der Waals surface area contributed by atoms with Crippen LogP contribution in [0.1, 0.15) is 50.5 Å². The van der Waals surface area contributed by atoms with E-state index in [1.807, 2.05) is 27.7 Å². The number of rotatable bonds is 8. The third-order valence-corrected chi connectivity index (χ3v) is 4.76. The Labute approximate surface area is 150 Å². The fourth-order valence-corrected chi connectivity index (χ4v) is 3.12. The Kier molecular flexibility index (Phi) is 7.40. The van der Waals surface area contributed by atoms with Gasteiger partial charge in [-0.25, -0.2) is 4.98 Å². The molecular formula is C18H32N4O3. The van der Waals surface area contributed by atoms with Gasteiger partial charge in [0.15, 0.2) is 5.69 Å². The standard InChI is InChI=1S/C18H32N4O3/c1-5-15(23)11-20-7-9-21(10-8-20)12-17-19-16(13-25-17)18(24)22(6-2)14(3)4/h13-15,23H,5-12H2,1-4H3. The molecule has 0 aromatic carbocycles. The highest BCUT2D eigenvalue weighted by Gasteiger charge is 2.23. The Bertz CT molecular complexity index is 538. The third kappa shape index (κ3) is 5.52. The van der Waals surface area contributed by atoms with Crippen molar-refractivity contribution in [2.24, 2.45) is 0 Å². The molecule has 7 heteroatoms. The lowest BCUT2D eigenvalue weighted by Gasteiger charge is -2.34. The molecule has 0 aliphatic carbocycles. The van der Waals surface area contributed by atoms with E-state index in [1.54, 1.807) is 4.90 Å². The minimum Gasteiger partial charge on any atom is -0.447 e. The summed E-state index contributed by atoms with van der Waals surface area (Å²) in [5, 5.41) is 9.75. The van der Waals surface area contributed by atoms with E-state index in [1.165, 1.54) is 6.26 Å². The molecule has 1 aromatic heterocycles. The molecule has 1 aliphatic rings. The van der Waals surface area contributed by atoms with Gasteiger partial charge >= 0.3 is 0 Å². The third-order valence-electron chi connectivity index (χ3n) is 4.76. The molecule has 1 N–H and O–H groups in total. The monoisotopic (exact) mass is 352 g/mol. The SMILES string of the molecule is CCC(O)CN1CCN(Cc2nc(C(=O)N(CC)C(C)C)co2)CC1. The van der Waals surface area contributed by atoms with E-state index < -0.39 is 0 Å². The van der Waals surface area contributed by atoms with Gasteiger partial charge in [0.05, 0.1) is 12.6 Å². The van der Waals surface area contributed by atoms with Crippen LogP contribution in [0.5, 0.6) is 0 Å². The van der Waals surface area contributed by atoms with E-state index >= 15 is 0 Å². The first-order valence-electron chi connectivity index (χ1n) is 9.32. The lowest BCUT2D eigenvalue weighted by molar-refractivity contribution is 0.0658. The zero-order chi connectivity index (χ0) is 18.4. The zero-order valence-electron chi connectivity index (χ0n) is 15.9. The number of aromatic nitrogens is 1. The Morgan fingerprint density at radius 3 is 2.48 bits per heavy atom. The molecular weight excluding hydrogens is 320 g/mol. The molecule has 1 fully saturated rings. The van der Waals surface area contributed by atoms with Gasteiger partial charge in [-0.2, -0.15) is 0 Å². The van der Waals surface area contributed by atoms with Crippen LogP contribution in [0.2, 0.25) is 0 Å². The highest BCUT2D eigenvalue weighted by atomic mass is 16.3. The largest absolute Gasteiger partial charge is 0.447 e. The summed E-state index contributed by atoms with van der Waals surface area (Å²) in [6.45, 7) is 13.7.